The van der Waals surface area contributed by atoms with Gasteiger partial charge in [-0.15, -0.1) is 0 Å². The number of aliphatic hydroxyl groups excluding tert-OH is 1. The van der Waals surface area contributed by atoms with Crippen LogP contribution in [0.2, 0.25) is 0 Å². The Hall–Kier alpha value is -0.980. The lowest BCUT2D eigenvalue weighted by molar-refractivity contribution is -0.380. The minimum Gasteiger partial charge on any atom is -0.396 e. The van der Waals surface area contributed by atoms with Crippen molar-refractivity contribution < 1.29 is 10.0 Å². The Morgan fingerprint density at radius 3 is 2.81 bits per heavy atom. The molecule has 0 fully saturated rings. The number of hydrogen-bond donors (Lipinski definition) is 2. The van der Waals surface area contributed by atoms with Gasteiger partial charge in [-0.1, -0.05) is 11.3 Å². The average molecular weight is 244 g/mol. The van der Waals surface area contributed by atoms with Gasteiger partial charge >= 0.3 is 5.00 Å². The summed E-state index contributed by atoms with van der Waals surface area (Å²) in [5, 5.41) is 22.4. The van der Waals surface area contributed by atoms with Crippen molar-refractivity contribution in [3.05, 3.63) is 27.1 Å². The summed E-state index contributed by atoms with van der Waals surface area (Å²) in [6.07, 6.45) is 2.87. The molecular weight excluding hydrogens is 228 g/mol. The molecule has 0 aliphatic rings. The molecule has 0 bridgehead atoms. The number of unbranched alkanes of at least 4 members (excludes halogenated alkanes) is 2. The van der Waals surface area contributed by atoms with Crippen LogP contribution in [-0.4, -0.2) is 23.2 Å². The smallest absolute Gasteiger partial charge is 0.324 e. The Morgan fingerprint density at radius 1 is 1.38 bits per heavy atom. The van der Waals surface area contributed by atoms with Crippen LogP contribution in [0.1, 0.15) is 24.1 Å². The van der Waals surface area contributed by atoms with E-state index in [1.165, 1.54) is 17.4 Å². The van der Waals surface area contributed by atoms with Crippen molar-refractivity contribution in [3.8, 4) is 0 Å². The highest BCUT2D eigenvalue weighted by Crippen LogP contribution is 2.23. The van der Waals surface area contributed by atoms with Crippen LogP contribution in [0, 0.1) is 10.1 Å². The summed E-state index contributed by atoms with van der Waals surface area (Å²) < 4.78 is 0. The van der Waals surface area contributed by atoms with Gasteiger partial charge < -0.3 is 10.4 Å². The summed E-state index contributed by atoms with van der Waals surface area (Å²) in [5.41, 5.74) is 0. The summed E-state index contributed by atoms with van der Waals surface area (Å²) in [5.74, 6) is 0. The first-order chi connectivity index (χ1) is 7.74. The Bertz CT molecular complexity index is 328. The molecule has 0 aliphatic carbocycles. The maximum atomic E-state index is 10.4. The zero-order chi connectivity index (χ0) is 11.8. The first-order valence-corrected chi connectivity index (χ1v) is 6.10. The lowest BCUT2D eigenvalue weighted by Crippen LogP contribution is -2.13. The standard InChI is InChI=1S/C10H16N2O3S/c13-7-3-1-2-6-11-8-9-4-5-10(16-9)12(14)15/h4-5,11,13H,1-3,6-8H2. The molecule has 0 unspecified atom stereocenters. The van der Waals surface area contributed by atoms with Gasteiger partial charge in [-0.2, -0.15) is 0 Å². The lowest BCUT2D eigenvalue weighted by Gasteiger charge is -2.01. The van der Waals surface area contributed by atoms with Gasteiger partial charge in [0.1, 0.15) is 0 Å². The molecule has 1 aromatic rings. The summed E-state index contributed by atoms with van der Waals surface area (Å²) in [7, 11) is 0. The van der Waals surface area contributed by atoms with E-state index in [1.807, 2.05) is 0 Å². The van der Waals surface area contributed by atoms with E-state index in [1.54, 1.807) is 6.07 Å². The van der Waals surface area contributed by atoms with Gasteiger partial charge in [0.05, 0.1) is 4.92 Å². The van der Waals surface area contributed by atoms with Gasteiger partial charge in [0.15, 0.2) is 0 Å². The van der Waals surface area contributed by atoms with Gasteiger partial charge in [-0.3, -0.25) is 10.1 Å². The molecule has 0 aromatic carbocycles. The summed E-state index contributed by atoms with van der Waals surface area (Å²) in [6.45, 7) is 1.81. The second-order valence-corrected chi connectivity index (χ2v) is 4.60. The number of nitrogens with one attached hydrogen (secondary N) is 1. The summed E-state index contributed by atoms with van der Waals surface area (Å²) in [6, 6.07) is 3.32. The number of hydrogen-bond acceptors (Lipinski definition) is 5. The highest BCUT2D eigenvalue weighted by atomic mass is 32.1. The molecule has 0 radical (unpaired) electrons. The van der Waals surface area contributed by atoms with E-state index in [0.29, 0.717) is 6.54 Å². The second kappa shape index (κ2) is 7.32. The van der Waals surface area contributed by atoms with Crippen LogP contribution < -0.4 is 5.32 Å². The number of rotatable bonds is 8. The quantitative estimate of drug-likeness (QED) is 0.416. The van der Waals surface area contributed by atoms with Crippen molar-refractivity contribution in [2.24, 2.45) is 0 Å². The maximum Gasteiger partial charge on any atom is 0.324 e. The SMILES string of the molecule is O=[N+]([O-])c1ccc(CNCCCCCO)s1. The van der Waals surface area contributed by atoms with Crippen LogP contribution in [0.5, 0.6) is 0 Å². The van der Waals surface area contributed by atoms with Crippen LogP contribution in [0.15, 0.2) is 12.1 Å². The van der Waals surface area contributed by atoms with Crippen molar-refractivity contribution >= 4 is 16.3 Å². The molecule has 5 nitrogen and oxygen atoms in total. The normalized spacial score (nSPS) is 10.6. The molecule has 0 saturated carbocycles. The molecule has 2 N–H and O–H groups in total. The van der Waals surface area contributed by atoms with Crippen LogP contribution in [-0.2, 0) is 6.54 Å². The molecule has 1 heterocycles. The Labute approximate surface area is 98.3 Å². The molecule has 90 valence electrons. The van der Waals surface area contributed by atoms with E-state index in [0.717, 1.165) is 30.7 Å². The predicted molar refractivity (Wildman–Crippen MR) is 63.6 cm³/mol. The number of nitrogens with zero attached hydrogens (tertiary/aromatic N) is 1. The molecule has 0 spiro atoms. The fourth-order valence-corrected chi connectivity index (χ4v) is 2.10. The maximum absolute atomic E-state index is 10.4. The van der Waals surface area contributed by atoms with Crippen molar-refractivity contribution in [2.75, 3.05) is 13.2 Å². The van der Waals surface area contributed by atoms with Crippen molar-refractivity contribution in [2.45, 2.75) is 25.8 Å². The Kier molecular flexibility index (Phi) is 5.99. The third-order valence-electron chi connectivity index (χ3n) is 2.14. The van der Waals surface area contributed by atoms with E-state index in [-0.39, 0.29) is 16.5 Å². The summed E-state index contributed by atoms with van der Waals surface area (Å²) in [4.78, 5) is 11.0. The van der Waals surface area contributed by atoms with Crippen LogP contribution in [0.25, 0.3) is 0 Å². The monoisotopic (exact) mass is 244 g/mol. The van der Waals surface area contributed by atoms with Gasteiger partial charge in [0.2, 0.25) is 0 Å². The zero-order valence-corrected chi connectivity index (χ0v) is 9.83. The van der Waals surface area contributed by atoms with E-state index in [4.69, 9.17) is 5.11 Å². The molecule has 1 rings (SSSR count). The zero-order valence-electron chi connectivity index (χ0n) is 9.02. The third kappa shape index (κ3) is 4.69. The molecular formula is C10H16N2O3S. The number of nitro groups is 1. The fraction of sp³-hybridized carbons (Fsp3) is 0.600. The fourth-order valence-electron chi connectivity index (χ4n) is 1.31. The molecule has 0 amide bonds. The van der Waals surface area contributed by atoms with Gasteiger partial charge in [-0.05, 0) is 31.9 Å². The van der Waals surface area contributed by atoms with Crippen molar-refractivity contribution in [1.29, 1.82) is 0 Å². The first kappa shape index (κ1) is 13.1. The topological polar surface area (TPSA) is 75.4 Å². The Morgan fingerprint density at radius 2 is 2.19 bits per heavy atom. The van der Waals surface area contributed by atoms with Crippen LogP contribution >= 0.6 is 11.3 Å². The van der Waals surface area contributed by atoms with Crippen LogP contribution in [0.3, 0.4) is 0 Å². The lowest BCUT2D eigenvalue weighted by atomic mass is 10.2. The van der Waals surface area contributed by atoms with Gasteiger partial charge in [0, 0.05) is 24.1 Å². The van der Waals surface area contributed by atoms with Gasteiger partial charge in [0.25, 0.3) is 0 Å². The highest BCUT2D eigenvalue weighted by molar-refractivity contribution is 7.15. The molecule has 1 aromatic heterocycles. The predicted octanol–water partition coefficient (Wildman–Crippen LogP) is 1.91. The number of aliphatic hydroxyl groups is 1. The van der Waals surface area contributed by atoms with Crippen LogP contribution in [0.4, 0.5) is 5.00 Å². The second-order valence-electron chi connectivity index (χ2n) is 3.46. The molecule has 16 heavy (non-hydrogen) atoms. The molecule has 0 atom stereocenters. The molecule has 6 heteroatoms. The minimum atomic E-state index is -0.366. The van der Waals surface area contributed by atoms with E-state index in [2.05, 4.69) is 5.32 Å². The Balaban J connectivity index is 2.14. The average Bonchev–Trinajstić information content (AvgIpc) is 2.72. The third-order valence-corrected chi connectivity index (χ3v) is 3.18. The highest BCUT2D eigenvalue weighted by Gasteiger charge is 2.08. The number of thiophene rings is 1. The minimum absolute atomic E-state index is 0.192. The molecule has 0 aliphatic heterocycles. The molecule has 0 saturated heterocycles. The summed E-state index contributed by atoms with van der Waals surface area (Å²) >= 11 is 1.21. The largest absolute Gasteiger partial charge is 0.396 e. The van der Waals surface area contributed by atoms with E-state index >= 15 is 0 Å². The van der Waals surface area contributed by atoms with E-state index < -0.39 is 0 Å². The van der Waals surface area contributed by atoms with Crippen molar-refractivity contribution in [1.82, 2.24) is 5.32 Å². The van der Waals surface area contributed by atoms with E-state index in [9.17, 15) is 10.1 Å². The van der Waals surface area contributed by atoms with Crippen molar-refractivity contribution in [3.63, 3.8) is 0 Å². The first-order valence-electron chi connectivity index (χ1n) is 5.28. The van der Waals surface area contributed by atoms with Gasteiger partial charge in [-0.25, -0.2) is 0 Å².